The van der Waals surface area contributed by atoms with Crippen LogP contribution in [0.1, 0.15) is 34.5 Å². The second-order valence-electron chi connectivity index (χ2n) is 9.35. The van der Waals surface area contributed by atoms with Gasteiger partial charge in [-0.1, -0.05) is 35.9 Å². The minimum absolute atomic E-state index is 0.0208. The van der Waals surface area contributed by atoms with E-state index in [0.29, 0.717) is 43.0 Å². The Balaban J connectivity index is 1.61. The molecule has 1 N–H and O–H groups in total. The van der Waals surface area contributed by atoms with Crippen molar-refractivity contribution in [2.45, 2.75) is 19.9 Å². The number of rotatable bonds is 8. The summed E-state index contributed by atoms with van der Waals surface area (Å²) in [7, 11) is 0. The van der Waals surface area contributed by atoms with Crippen molar-refractivity contribution in [1.29, 1.82) is 0 Å². The number of carbonyl (C=O) groups excluding carboxylic acids is 3. The third-order valence-corrected chi connectivity index (χ3v) is 6.76. The lowest BCUT2D eigenvalue weighted by atomic mass is 9.94. The van der Waals surface area contributed by atoms with E-state index in [1.54, 1.807) is 25.1 Å². The van der Waals surface area contributed by atoms with E-state index in [1.165, 1.54) is 17.0 Å². The molecule has 1 saturated heterocycles. The van der Waals surface area contributed by atoms with Crippen LogP contribution in [0.25, 0.3) is 0 Å². The Bertz CT molecular complexity index is 1240. The highest BCUT2D eigenvalue weighted by Gasteiger charge is 2.39. The van der Waals surface area contributed by atoms with Gasteiger partial charge >= 0.3 is 12.0 Å². The Kier molecular flexibility index (Phi) is 8.58. The van der Waals surface area contributed by atoms with Crippen molar-refractivity contribution in [3.8, 4) is 0 Å². The molecule has 2 aromatic carbocycles. The standard InChI is InChI=1S/C29H33FN4O4/c1-4-13-34-24(19-32-14-16-33(17-15-32)27(35)21-11-9-20(3)10-12-21)25(28(36)38-5-2)26(31-29(34)37)22-7-6-8-23(30)18-22/h4,6-12,18,26H,1,5,13-17,19H2,2-3H3,(H,31,37). The Hall–Kier alpha value is -3.98. The fraction of sp³-hybridized carbons (Fsp3) is 0.345. The topological polar surface area (TPSA) is 82.2 Å². The summed E-state index contributed by atoms with van der Waals surface area (Å²) in [5, 5.41) is 2.84. The number of aryl methyl sites for hydroxylation is 1. The molecule has 2 aliphatic rings. The van der Waals surface area contributed by atoms with Crippen LogP contribution in [0.15, 0.2) is 72.5 Å². The molecule has 2 heterocycles. The number of piperazine rings is 1. The van der Waals surface area contributed by atoms with E-state index in [1.807, 2.05) is 36.1 Å². The van der Waals surface area contributed by atoms with E-state index >= 15 is 0 Å². The zero-order chi connectivity index (χ0) is 27.2. The molecular formula is C29H33FN4O4. The van der Waals surface area contributed by atoms with Crippen LogP contribution in [0.4, 0.5) is 9.18 Å². The lowest BCUT2D eigenvalue weighted by molar-refractivity contribution is -0.139. The van der Waals surface area contributed by atoms with Gasteiger partial charge < -0.3 is 15.0 Å². The maximum absolute atomic E-state index is 14.1. The molecule has 38 heavy (non-hydrogen) atoms. The van der Waals surface area contributed by atoms with E-state index in [9.17, 15) is 18.8 Å². The molecule has 1 atom stereocenters. The van der Waals surface area contributed by atoms with Crippen LogP contribution in [-0.2, 0) is 9.53 Å². The number of hydrogen-bond acceptors (Lipinski definition) is 5. The van der Waals surface area contributed by atoms with Crippen LogP contribution in [0, 0.1) is 12.7 Å². The number of benzene rings is 2. The zero-order valence-electron chi connectivity index (χ0n) is 21.8. The van der Waals surface area contributed by atoms with Crippen LogP contribution in [-0.4, -0.2) is 78.5 Å². The summed E-state index contributed by atoms with van der Waals surface area (Å²) in [5.74, 6) is -1.06. The SMILES string of the molecule is C=CCN1C(=O)NC(c2cccc(F)c2)C(C(=O)OCC)=C1CN1CCN(C(=O)c2ccc(C)cc2)CC1. The van der Waals surface area contributed by atoms with Crippen molar-refractivity contribution >= 4 is 17.9 Å². The molecule has 200 valence electrons. The molecule has 0 radical (unpaired) electrons. The van der Waals surface area contributed by atoms with Gasteiger partial charge in [0.15, 0.2) is 0 Å². The number of halogens is 1. The number of amides is 3. The Labute approximate surface area is 222 Å². The average Bonchev–Trinajstić information content (AvgIpc) is 2.91. The van der Waals surface area contributed by atoms with E-state index in [2.05, 4.69) is 16.8 Å². The molecule has 0 spiro atoms. The van der Waals surface area contributed by atoms with Crippen molar-refractivity contribution in [2.24, 2.45) is 0 Å². The normalized spacial score (nSPS) is 18.3. The van der Waals surface area contributed by atoms with Crippen LogP contribution in [0.2, 0.25) is 0 Å². The smallest absolute Gasteiger partial charge is 0.338 e. The molecule has 3 amide bonds. The third-order valence-electron chi connectivity index (χ3n) is 6.76. The van der Waals surface area contributed by atoms with Gasteiger partial charge in [0, 0.05) is 50.5 Å². The fourth-order valence-corrected chi connectivity index (χ4v) is 4.78. The van der Waals surface area contributed by atoms with E-state index in [4.69, 9.17) is 4.74 Å². The summed E-state index contributed by atoms with van der Waals surface area (Å²) < 4.78 is 19.5. The summed E-state index contributed by atoms with van der Waals surface area (Å²) in [6, 6.07) is 12.1. The molecule has 2 aliphatic heterocycles. The molecule has 9 heteroatoms. The van der Waals surface area contributed by atoms with Crippen LogP contribution >= 0.6 is 0 Å². The van der Waals surface area contributed by atoms with Gasteiger partial charge in [0.1, 0.15) is 5.82 Å². The number of nitrogens with zero attached hydrogens (tertiary/aromatic N) is 3. The highest BCUT2D eigenvalue weighted by Crippen LogP contribution is 2.32. The second-order valence-corrected chi connectivity index (χ2v) is 9.35. The maximum Gasteiger partial charge on any atom is 0.338 e. The van der Waals surface area contributed by atoms with Crippen molar-refractivity contribution in [3.05, 3.63) is 95.0 Å². The van der Waals surface area contributed by atoms with E-state index in [0.717, 1.165) is 5.56 Å². The monoisotopic (exact) mass is 520 g/mol. The molecule has 0 aliphatic carbocycles. The van der Waals surface area contributed by atoms with E-state index < -0.39 is 23.9 Å². The first-order chi connectivity index (χ1) is 18.3. The third kappa shape index (κ3) is 5.94. The minimum atomic E-state index is -0.863. The molecule has 1 unspecified atom stereocenters. The predicted octanol–water partition coefficient (Wildman–Crippen LogP) is 3.66. The quantitative estimate of drug-likeness (QED) is 0.424. The number of hydrogen-bond donors (Lipinski definition) is 1. The number of urea groups is 1. The summed E-state index contributed by atoms with van der Waals surface area (Å²) in [5.41, 5.74) is 2.94. The Morgan fingerprint density at radius 1 is 1.13 bits per heavy atom. The number of esters is 1. The molecule has 0 bridgehead atoms. The number of ether oxygens (including phenoxy) is 1. The Morgan fingerprint density at radius 2 is 1.84 bits per heavy atom. The van der Waals surface area contributed by atoms with Gasteiger partial charge in [-0.2, -0.15) is 0 Å². The van der Waals surface area contributed by atoms with Gasteiger partial charge in [-0.25, -0.2) is 14.0 Å². The largest absolute Gasteiger partial charge is 0.463 e. The number of nitrogens with one attached hydrogen (secondary N) is 1. The van der Waals surface area contributed by atoms with E-state index in [-0.39, 0.29) is 31.2 Å². The molecule has 4 rings (SSSR count). The molecule has 1 fully saturated rings. The molecule has 0 aromatic heterocycles. The van der Waals surface area contributed by atoms with Crippen molar-refractivity contribution in [1.82, 2.24) is 20.0 Å². The highest BCUT2D eigenvalue weighted by molar-refractivity contribution is 5.95. The molecule has 0 saturated carbocycles. The summed E-state index contributed by atoms with van der Waals surface area (Å²) >= 11 is 0. The zero-order valence-corrected chi connectivity index (χ0v) is 21.8. The van der Waals surface area contributed by atoms with Gasteiger partial charge in [0.25, 0.3) is 5.91 Å². The average molecular weight is 521 g/mol. The first-order valence-corrected chi connectivity index (χ1v) is 12.7. The summed E-state index contributed by atoms with van der Waals surface area (Å²) in [6.45, 7) is 10.2. The second kappa shape index (κ2) is 12.0. The predicted molar refractivity (Wildman–Crippen MR) is 142 cm³/mol. The first kappa shape index (κ1) is 27.1. The molecule has 8 nitrogen and oxygen atoms in total. The molecule has 2 aromatic rings. The minimum Gasteiger partial charge on any atom is -0.463 e. The van der Waals surface area contributed by atoms with Gasteiger partial charge in [0.2, 0.25) is 0 Å². The summed E-state index contributed by atoms with van der Waals surface area (Å²) in [4.78, 5) is 44.8. The fourth-order valence-electron chi connectivity index (χ4n) is 4.78. The van der Waals surface area contributed by atoms with Gasteiger partial charge in [0.05, 0.1) is 18.2 Å². The van der Waals surface area contributed by atoms with Crippen molar-refractivity contribution in [3.63, 3.8) is 0 Å². The first-order valence-electron chi connectivity index (χ1n) is 12.7. The van der Waals surface area contributed by atoms with Gasteiger partial charge in [-0.05, 0) is 43.7 Å². The van der Waals surface area contributed by atoms with Crippen LogP contribution < -0.4 is 5.32 Å². The molecular weight excluding hydrogens is 487 g/mol. The Morgan fingerprint density at radius 3 is 2.47 bits per heavy atom. The summed E-state index contributed by atoms with van der Waals surface area (Å²) in [6.07, 6.45) is 1.59. The van der Waals surface area contributed by atoms with Crippen molar-refractivity contribution < 1.29 is 23.5 Å². The lowest BCUT2D eigenvalue weighted by Crippen LogP contribution is -2.53. The van der Waals surface area contributed by atoms with Crippen molar-refractivity contribution in [2.75, 3.05) is 45.9 Å². The highest BCUT2D eigenvalue weighted by atomic mass is 19.1. The van der Waals surface area contributed by atoms with Crippen LogP contribution in [0.3, 0.4) is 0 Å². The number of carbonyl (C=O) groups is 3. The van der Waals surface area contributed by atoms with Gasteiger partial charge in [-0.3, -0.25) is 14.6 Å². The van der Waals surface area contributed by atoms with Crippen LogP contribution in [0.5, 0.6) is 0 Å². The lowest BCUT2D eigenvalue weighted by Gasteiger charge is -2.40. The maximum atomic E-state index is 14.1. The van der Waals surface area contributed by atoms with Gasteiger partial charge in [-0.15, -0.1) is 6.58 Å².